The molecule has 0 aliphatic carbocycles. The van der Waals surface area contributed by atoms with Crippen LogP contribution >= 0.6 is 0 Å². The molecule has 2 fully saturated rings. The van der Waals surface area contributed by atoms with E-state index in [9.17, 15) is 4.79 Å². The number of fused-ring (bicyclic) bond motifs is 2. The van der Waals surface area contributed by atoms with E-state index in [1.807, 2.05) is 13.8 Å². The molecule has 2 saturated heterocycles. The van der Waals surface area contributed by atoms with Crippen LogP contribution in [-0.4, -0.2) is 23.8 Å². The van der Waals surface area contributed by atoms with E-state index in [4.69, 9.17) is 4.74 Å². The second-order valence-corrected chi connectivity index (χ2v) is 4.57. The van der Waals surface area contributed by atoms with Gasteiger partial charge in [0.05, 0.1) is 17.7 Å². The zero-order chi connectivity index (χ0) is 9.47. The second-order valence-electron chi connectivity index (χ2n) is 4.57. The van der Waals surface area contributed by atoms with Gasteiger partial charge in [-0.3, -0.25) is 0 Å². The summed E-state index contributed by atoms with van der Waals surface area (Å²) in [6.45, 7) is 3.99. The lowest BCUT2D eigenvalue weighted by Crippen LogP contribution is -2.35. The second kappa shape index (κ2) is 2.93. The average Bonchev–Trinajstić information content (AvgIpc) is 2.63. The van der Waals surface area contributed by atoms with Crippen LogP contribution in [0, 0.1) is 5.92 Å². The predicted octanol–water partition coefficient (Wildman–Crippen LogP) is 1.67. The minimum absolute atomic E-state index is 0.290. The SMILES string of the molecule is CC(C)(N=C=O)C1CC2CCC1O2. The van der Waals surface area contributed by atoms with Gasteiger partial charge in [-0.15, -0.1) is 0 Å². The van der Waals surface area contributed by atoms with Crippen molar-refractivity contribution < 1.29 is 9.53 Å². The summed E-state index contributed by atoms with van der Waals surface area (Å²) in [5, 5.41) is 0. The molecule has 2 bridgehead atoms. The van der Waals surface area contributed by atoms with Crippen molar-refractivity contribution in [1.82, 2.24) is 0 Å². The Kier molecular flexibility index (Phi) is 2.01. The van der Waals surface area contributed by atoms with E-state index in [-0.39, 0.29) is 5.54 Å². The van der Waals surface area contributed by atoms with E-state index < -0.39 is 0 Å². The standard InChI is InChI=1S/C10H15NO2/c1-10(2,11-6-12)8-5-7-3-4-9(8)13-7/h7-9H,3-5H2,1-2H3. The highest BCUT2D eigenvalue weighted by Gasteiger charge is 2.47. The van der Waals surface area contributed by atoms with Gasteiger partial charge in [-0.1, -0.05) is 0 Å². The Hall–Kier alpha value is -0.660. The average molecular weight is 181 g/mol. The molecule has 0 saturated carbocycles. The number of isocyanates is 1. The molecule has 13 heavy (non-hydrogen) atoms. The van der Waals surface area contributed by atoms with Crippen LogP contribution in [0.2, 0.25) is 0 Å². The first-order valence-electron chi connectivity index (χ1n) is 4.88. The summed E-state index contributed by atoms with van der Waals surface area (Å²) < 4.78 is 5.73. The van der Waals surface area contributed by atoms with Gasteiger partial charge in [0.15, 0.2) is 0 Å². The van der Waals surface area contributed by atoms with Crippen molar-refractivity contribution in [3.8, 4) is 0 Å². The summed E-state index contributed by atoms with van der Waals surface area (Å²) in [5.41, 5.74) is -0.290. The fraction of sp³-hybridized carbons (Fsp3) is 0.900. The van der Waals surface area contributed by atoms with Crippen LogP contribution in [0.3, 0.4) is 0 Å². The van der Waals surface area contributed by atoms with Gasteiger partial charge in [0, 0.05) is 5.92 Å². The molecule has 2 heterocycles. The third kappa shape index (κ3) is 1.43. The highest BCUT2D eigenvalue weighted by molar-refractivity contribution is 5.35. The number of hydrogen-bond donors (Lipinski definition) is 0. The van der Waals surface area contributed by atoms with Gasteiger partial charge in [0.1, 0.15) is 0 Å². The first-order valence-corrected chi connectivity index (χ1v) is 4.88. The number of rotatable bonds is 2. The summed E-state index contributed by atoms with van der Waals surface area (Å²) in [7, 11) is 0. The molecule has 3 nitrogen and oxygen atoms in total. The molecule has 3 unspecified atom stereocenters. The third-order valence-corrected chi connectivity index (χ3v) is 3.35. The first-order chi connectivity index (χ1) is 6.13. The predicted molar refractivity (Wildman–Crippen MR) is 48.2 cm³/mol. The molecule has 0 N–H and O–H groups in total. The third-order valence-electron chi connectivity index (χ3n) is 3.35. The molecule has 2 aliphatic rings. The Balaban J connectivity index is 2.13. The van der Waals surface area contributed by atoms with Crippen molar-refractivity contribution in [2.24, 2.45) is 10.9 Å². The van der Waals surface area contributed by atoms with Crippen molar-refractivity contribution in [3.05, 3.63) is 0 Å². The monoisotopic (exact) mass is 181 g/mol. The van der Waals surface area contributed by atoms with Crippen LogP contribution in [0.1, 0.15) is 33.1 Å². The lowest BCUT2D eigenvalue weighted by molar-refractivity contribution is 0.0811. The largest absolute Gasteiger partial charge is 0.375 e. The van der Waals surface area contributed by atoms with E-state index in [1.54, 1.807) is 6.08 Å². The maximum absolute atomic E-state index is 10.3. The first kappa shape index (κ1) is 8.92. The van der Waals surface area contributed by atoms with Crippen LogP contribution in [-0.2, 0) is 9.53 Å². The molecule has 0 spiro atoms. The topological polar surface area (TPSA) is 38.7 Å². The summed E-state index contributed by atoms with van der Waals surface area (Å²) in [6.07, 6.45) is 5.79. The molecular formula is C10H15NO2. The summed E-state index contributed by atoms with van der Waals surface area (Å²) >= 11 is 0. The maximum atomic E-state index is 10.3. The van der Waals surface area contributed by atoms with Crippen molar-refractivity contribution in [2.75, 3.05) is 0 Å². The van der Waals surface area contributed by atoms with Crippen LogP contribution in [0.5, 0.6) is 0 Å². The molecule has 3 atom stereocenters. The minimum Gasteiger partial charge on any atom is -0.375 e. The van der Waals surface area contributed by atoms with Crippen molar-refractivity contribution in [3.63, 3.8) is 0 Å². The van der Waals surface area contributed by atoms with Crippen LogP contribution in [0.4, 0.5) is 0 Å². The van der Waals surface area contributed by atoms with Crippen LogP contribution < -0.4 is 0 Å². The van der Waals surface area contributed by atoms with E-state index in [2.05, 4.69) is 4.99 Å². The molecule has 0 aromatic heterocycles. The Morgan fingerprint density at radius 3 is 2.69 bits per heavy atom. The maximum Gasteiger partial charge on any atom is 0.235 e. The number of aliphatic imine (C=N–C) groups is 1. The van der Waals surface area contributed by atoms with Gasteiger partial charge in [0.2, 0.25) is 6.08 Å². The molecule has 3 heteroatoms. The molecule has 0 amide bonds. The molecule has 2 aliphatic heterocycles. The lowest BCUT2D eigenvalue weighted by atomic mass is 9.77. The number of carbonyl (C=O) groups excluding carboxylic acids is 1. The van der Waals surface area contributed by atoms with Gasteiger partial charge in [-0.2, -0.15) is 4.99 Å². The van der Waals surface area contributed by atoms with Crippen LogP contribution in [0.15, 0.2) is 4.99 Å². The Labute approximate surface area is 78.2 Å². The Bertz CT molecular complexity index is 256. The molecule has 0 aromatic carbocycles. The van der Waals surface area contributed by atoms with E-state index in [0.717, 1.165) is 12.8 Å². The number of hydrogen-bond acceptors (Lipinski definition) is 3. The molecule has 0 aromatic rings. The summed E-state index contributed by atoms with van der Waals surface area (Å²) in [6, 6.07) is 0. The van der Waals surface area contributed by atoms with Crippen molar-refractivity contribution in [2.45, 2.75) is 50.9 Å². The van der Waals surface area contributed by atoms with E-state index >= 15 is 0 Å². The fourth-order valence-corrected chi connectivity index (χ4v) is 2.58. The quantitative estimate of drug-likeness (QED) is 0.480. The normalized spacial score (nSPS) is 37.5. The summed E-state index contributed by atoms with van der Waals surface area (Å²) in [4.78, 5) is 14.1. The highest BCUT2D eigenvalue weighted by Crippen LogP contribution is 2.44. The van der Waals surface area contributed by atoms with Gasteiger partial charge in [-0.05, 0) is 33.1 Å². The van der Waals surface area contributed by atoms with Crippen LogP contribution in [0.25, 0.3) is 0 Å². The Morgan fingerprint density at radius 2 is 2.23 bits per heavy atom. The van der Waals surface area contributed by atoms with Crippen molar-refractivity contribution >= 4 is 6.08 Å². The zero-order valence-corrected chi connectivity index (χ0v) is 8.12. The summed E-state index contributed by atoms with van der Waals surface area (Å²) in [5.74, 6) is 0.410. The molecule has 2 rings (SSSR count). The minimum atomic E-state index is -0.290. The van der Waals surface area contributed by atoms with Gasteiger partial charge in [0.25, 0.3) is 0 Å². The van der Waals surface area contributed by atoms with Crippen molar-refractivity contribution in [1.29, 1.82) is 0 Å². The zero-order valence-electron chi connectivity index (χ0n) is 8.12. The van der Waals surface area contributed by atoms with Gasteiger partial charge >= 0.3 is 0 Å². The fourth-order valence-electron chi connectivity index (χ4n) is 2.58. The molecule has 0 radical (unpaired) electrons. The van der Waals surface area contributed by atoms with E-state index in [1.165, 1.54) is 6.42 Å². The number of ether oxygens (including phenoxy) is 1. The number of nitrogens with zero attached hydrogens (tertiary/aromatic N) is 1. The molecule has 72 valence electrons. The Morgan fingerprint density at radius 1 is 1.46 bits per heavy atom. The van der Waals surface area contributed by atoms with E-state index in [0.29, 0.717) is 18.1 Å². The van der Waals surface area contributed by atoms with Gasteiger partial charge < -0.3 is 4.74 Å². The smallest absolute Gasteiger partial charge is 0.235 e. The lowest BCUT2D eigenvalue weighted by Gasteiger charge is -2.30. The molecular weight excluding hydrogens is 166 g/mol. The highest BCUT2D eigenvalue weighted by atomic mass is 16.5. The van der Waals surface area contributed by atoms with Gasteiger partial charge in [-0.25, -0.2) is 4.79 Å².